The summed E-state index contributed by atoms with van der Waals surface area (Å²) in [6.45, 7) is 7.34. The zero-order valence-corrected chi connectivity index (χ0v) is 13.4. The van der Waals surface area contributed by atoms with Gasteiger partial charge in [0.25, 0.3) is 0 Å². The van der Waals surface area contributed by atoms with Crippen molar-refractivity contribution in [2.24, 2.45) is 5.73 Å². The van der Waals surface area contributed by atoms with Crippen LogP contribution in [0.4, 0.5) is 4.79 Å². The van der Waals surface area contributed by atoms with Gasteiger partial charge < -0.3 is 19.9 Å². The molecule has 0 radical (unpaired) electrons. The van der Waals surface area contributed by atoms with Crippen LogP contribution in [0.2, 0.25) is 0 Å². The number of fused-ring (bicyclic) bond motifs is 2. The number of rotatable bonds is 3. The fourth-order valence-corrected chi connectivity index (χ4v) is 2.93. The number of methoxy groups -OCH3 is 1. The Hall–Kier alpha value is -0.560. The number of morpholine rings is 1. The molecule has 2 atom stereocenters. The summed E-state index contributed by atoms with van der Waals surface area (Å²) in [4.78, 5) is 14.1. The minimum Gasteiger partial charge on any atom is -0.444 e. The molecule has 0 aliphatic carbocycles. The molecule has 2 heterocycles. The molecule has 2 unspecified atom stereocenters. The lowest BCUT2D eigenvalue weighted by molar-refractivity contribution is -0.0808. The highest BCUT2D eigenvalue weighted by atomic mass is 35.5. The van der Waals surface area contributed by atoms with Gasteiger partial charge in [0.05, 0.1) is 25.3 Å². The van der Waals surface area contributed by atoms with Crippen molar-refractivity contribution in [2.45, 2.75) is 43.9 Å². The van der Waals surface area contributed by atoms with E-state index in [0.717, 1.165) is 0 Å². The molecule has 2 fully saturated rings. The van der Waals surface area contributed by atoms with Gasteiger partial charge in [-0.2, -0.15) is 0 Å². The topological polar surface area (TPSA) is 74.0 Å². The third-order valence-electron chi connectivity index (χ3n) is 3.72. The van der Waals surface area contributed by atoms with Gasteiger partial charge in [-0.15, -0.1) is 12.4 Å². The van der Waals surface area contributed by atoms with Crippen molar-refractivity contribution in [3.8, 4) is 0 Å². The Bertz CT molecular complexity index is 374. The zero-order chi connectivity index (χ0) is 14.3. The van der Waals surface area contributed by atoms with Gasteiger partial charge in [0, 0.05) is 20.1 Å². The fraction of sp³-hybridized carbons (Fsp3) is 0.923. The summed E-state index contributed by atoms with van der Waals surface area (Å²) < 4.78 is 16.5. The van der Waals surface area contributed by atoms with Crippen molar-refractivity contribution in [2.75, 3.05) is 33.4 Å². The lowest BCUT2D eigenvalue weighted by atomic mass is 9.95. The fourth-order valence-electron chi connectivity index (χ4n) is 2.93. The Morgan fingerprint density at radius 3 is 2.60 bits per heavy atom. The van der Waals surface area contributed by atoms with E-state index >= 15 is 0 Å². The first kappa shape index (κ1) is 17.5. The average molecular weight is 309 g/mol. The van der Waals surface area contributed by atoms with Gasteiger partial charge in [-0.05, 0) is 20.8 Å². The standard InChI is InChI=1S/C13H24N2O4.ClH/c1-11(2,3)19-10(16)15-7-13(6-14)5-12(15,8-17-4)9-18-13;/h5-9,14H2,1-4H3;1H. The first-order chi connectivity index (χ1) is 8.76. The number of amides is 1. The summed E-state index contributed by atoms with van der Waals surface area (Å²) in [7, 11) is 1.63. The van der Waals surface area contributed by atoms with Crippen molar-refractivity contribution < 1.29 is 19.0 Å². The average Bonchev–Trinajstić information content (AvgIpc) is 2.81. The van der Waals surface area contributed by atoms with Crippen LogP contribution in [0.25, 0.3) is 0 Å². The van der Waals surface area contributed by atoms with E-state index in [1.165, 1.54) is 0 Å². The number of carbonyl (C=O) groups is 1. The van der Waals surface area contributed by atoms with E-state index in [2.05, 4.69) is 0 Å². The molecule has 2 N–H and O–H groups in total. The second-order valence-electron chi connectivity index (χ2n) is 6.58. The molecule has 0 spiro atoms. The first-order valence-electron chi connectivity index (χ1n) is 6.60. The van der Waals surface area contributed by atoms with E-state index < -0.39 is 16.7 Å². The van der Waals surface area contributed by atoms with Crippen molar-refractivity contribution >= 4 is 18.5 Å². The molecule has 118 valence electrons. The van der Waals surface area contributed by atoms with Gasteiger partial charge in [0.1, 0.15) is 11.2 Å². The number of likely N-dealkylation sites (tertiary alicyclic amines) is 1. The molecular weight excluding hydrogens is 284 g/mol. The maximum absolute atomic E-state index is 12.3. The molecule has 20 heavy (non-hydrogen) atoms. The molecule has 1 amide bonds. The van der Waals surface area contributed by atoms with Crippen molar-refractivity contribution in [3.05, 3.63) is 0 Å². The van der Waals surface area contributed by atoms with E-state index in [4.69, 9.17) is 19.9 Å². The van der Waals surface area contributed by atoms with Gasteiger partial charge in [-0.25, -0.2) is 4.79 Å². The van der Waals surface area contributed by atoms with E-state index in [9.17, 15) is 4.79 Å². The van der Waals surface area contributed by atoms with Gasteiger partial charge in [0.15, 0.2) is 0 Å². The molecule has 7 heteroatoms. The van der Waals surface area contributed by atoms with Crippen LogP contribution in [0.15, 0.2) is 0 Å². The second-order valence-corrected chi connectivity index (χ2v) is 6.58. The van der Waals surface area contributed by atoms with Crippen LogP contribution in [-0.2, 0) is 14.2 Å². The number of carbonyl (C=O) groups excluding carboxylic acids is 1. The van der Waals surface area contributed by atoms with Crippen LogP contribution in [0, 0.1) is 0 Å². The summed E-state index contributed by atoms with van der Waals surface area (Å²) in [5.41, 5.74) is 4.43. The zero-order valence-electron chi connectivity index (χ0n) is 12.6. The van der Waals surface area contributed by atoms with Gasteiger partial charge in [-0.1, -0.05) is 0 Å². The third-order valence-corrected chi connectivity index (χ3v) is 3.72. The number of hydrogen-bond donors (Lipinski definition) is 1. The molecule has 0 aromatic rings. The van der Waals surface area contributed by atoms with Gasteiger partial charge in [-0.3, -0.25) is 4.90 Å². The Labute approximate surface area is 126 Å². The highest BCUT2D eigenvalue weighted by molar-refractivity contribution is 5.85. The Kier molecular flexibility index (Phi) is 4.96. The summed E-state index contributed by atoms with van der Waals surface area (Å²) >= 11 is 0. The molecule has 2 aliphatic rings. The predicted octanol–water partition coefficient (Wildman–Crippen LogP) is 1.16. The molecule has 2 rings (SSSR count). The van der Waals surface area contributed by atoms with Crippen LogP contribution >= 0.6 is 12.4 Å². The molecule has 2 aliphatic heterocycles. The number of hydrogen-bond acceptors (Lipinski definition) is 5. The Morgan fingerprint density at radius 2 is 2.10 bits per heavy atom. The molecule has 0 saturated carbocycles. The molecule has 2 saturated heterocycles. The van der Waals surface area contributed by atoms with Crippen LogP contribution < -0.4 is 5.73 Å². The quantitative estimate of drug-likeness (QED) is 0.847. The van der Waals surface area contributed by atoms with E-state index in [-0.39, 0.29) is 18.5 Å². The van der Waals surface area contributed by atoms with Crippen molar-refractivity contribution in [3.63, 3.8) is 0 Å². The SMILES string of the molecule is COCC12COC(CN)(CN1C(=O)OC(C)(C)C)C2.Cl. The first-order valence-corrected chi connectivity index (χ1v) is 6.60. The molecule has 2 bridgehead atoms. The summed E-state index contributed by atoms with van der Waals surface area (Å²) in [5, 5.41) is 0. The highest BCUT2D eigenvalue weighted by Gasteiger charge is 2.62. The van der Waals surface area contributed by atoms with Crippen LogP contribution in [0.5, 0.6) is 0 Å². The molecule has 6 nitrogen and oxygen atoms in total. The summed E-state index contributed by atoms with van der Waals surface area (Å²) in [5.74, 6) is 0. The second kappa shape index (κ2) is 5.67. The predicted molar refractivity (Wildman–Crippen MR) is 77.1 cm³/mol. The lowest BCUT2D eigenvalue weighted by Gasteiger charge is -2.39. The molecule has 0 aromatic carbocycles. The van der Waals surface area contributed by atoms with E-state index in [1.54, 1.807) is 12.0 Å². The highest BCUT2D eigenvalue weighted by Crippen LogP contribution is 2.45. The molecule has 0 aromatic heterocycles. The summed E-state index contributed by atoms with van der Waals surface area (Å²) in [6.07, 6.45) is 0.395. The number of nitrogens with zero attached hydrogens (tertiary/aromatic N) is 1. The van der Waals surface area contributed by atoms with Crippen molar-refractivity contribution in [1.29, 1.82) is 0 Å². The van der Waals surface area contributed by atoms with Gasteiger partial charge >= 0.3 is 6.09 Å². The third kappa shape index (κ3) is 3.03. The van der Waals surface area contributed by atoms with Crippen LogP contribution in [0.1, 0.15) is 27.2 Å². The van der Waals surface area contributed by atoms with E-state index in [0.29, 0.717) is 32.7 Å². The smallest absolute Gasteiger partial charge is 0.411 e. The Morgan fingerprint density at radius 1 is 1.45 bits per heavy atom. The minimum atomic E-state index is -0.510. The minimum absolute atomic E-state index is 0. The summed E-state index contributed by atoms with van der Waals surface area (Å²) in [6, 6.07) is 0. The Balaban J connectivity index is 0.00000200. The van der Waals surface area contributed by atoms with Crippen molar-refractivity contribution in [1.82, 2.24) is 4.90 Å². The van der Waals surface area contributed by atoms with E-state index in [1.807, 2.05) is 20.8 Å². The molecular formula is C13H25ClN2O4. The van der Waals surface area contributed by atoms with Crippen LogP contribution in [-0.4, -0.2) is 61.1 Å². The number of ether oxygens (including phenoxy) is 3. The maximum Gasteiger partial charge on any atom is 0.411 e. The van der Waals surface area contributed by atoms with Gasteiger partial charge in [0.2, 0.25) is 0 Å². The maximum atomic E-state index is 12.3. The normalized spacial score (nSPS) is 32.1. The monoisotopic (exact) mass is 308 g/mol. The largest absolute Gasteiger partial charge is 0.444 e. The lowest BCUT2D eigenvalue weighted by Crippen LogP contribution is -2.57. The number of nitrogens with two attached hydrogens (primary N) is 1. The van der Waals surface area contributed by atoms with Crippen LogP contribution in [0.3, 0.4) is 0 Å². The number of halogens is 1.